The van der Waals surface area contributed by atoms with E-state index in [1.165, 1.54) is 13.0 Å². The highest BCUT2D eigenvalue weighted by molar-refractivity contribution is 5.91. The molecule has 3 aliphatic heterocycles. The number of rotatable bonds is 9. The van der Waals surface area contributed by atoms with Crippen molar-refractivity contribution in [1.29, 1.82) is 0 Å². The van der Waals surface area contributed by atoms with E-state index < -0.39 is 116 Å². The van der Waals surface area contributed by atoms with Crippen LogP contribution in [0, 0.1) is 23.7 Å². The number of hydrogen-bond donors (Lipinski definition) is 6. The van der Waals surface area contributed by atoms with Gasteiger partial charge in [0.15, 0.2) is 18.4 Å². The molecule has 2 saturated heterocycles. The van der Waals surface area contributed by atoms with Gasteiger partial charge in [0.1, 0.15) is 36.8 Å². The number of nitrogens with zero attached hydrogens (tertiary/aromatic N) is 1. The molecule has 15 heteroatoms. The van der Waals surface area contributed by atoms with E-state index in [-0.39, 0.29) is 25.2 Å². The zero-order chi connectivity index (χ0) is 39.0. The minimum absolute atomic E-state index is 0.0434. The van der Waals surface area contributed by atoms with Crippen molar-refractivity contribution in [2.75, 3.05) is 20.7 Å². The molecule has 0 bridgehead atoms. The summed E-state index contributed by atoms with van der Waals surface area (Å²) in [6.45, 7) is 9.96. The van der Waals surface area contributed by atoms with Crippen LogP contribution < -0.4 is 0 Å². The van der Waals surface area contributed by atoms with Crippen LogP contribution in [-0.2, 0) is 38.1 Å². The Morgan fingerprint density at radius 2 is 1.52 bits per heavy atom. The second-order valence-electron chi connectivity index (χ2n) is 14.9. The molecule has 17 atom stereocenters. The van der Waals surface area contributed by atoms with Gasteiger partial charge in [-0.25, -0.2) is 0 Å². The van der Waals surface area contributed by atoms with Gasteiger partial charge in [-0.2, -0.15) is 0 Å². The van der Waals surface area contributed by atoms with Crippen LogP contribution in [0.1, 0.15) is 67.2 Å². The fourth-order valence-electron chi connectivity index (χ4n) is 7.27. The first kappa shape index (κ1) is 44.2. The van der Waals surface area contributed by atoms with Crippen molar-refractivity contribution in [3.05, 3.63) is 23.8 Å². The van der Waals surface area contributed by atoms with E-state index in [9.17, 15) is 45.0 Å². The first-order valence-corrected chi connectivity index (χ1v) is 18.3. The van der Waals surface area contributed by atoms with Crippen LogP contribution in [0.3, 0.4) is 0 Å². The third-order valence-electron chi connectivity index (χ3n) is 10.6. The fraction of sp³-hybridized carbons (Fsp3) is 0.811. The fourth-order valence-corrected chi connectivity index (χ4v) is 7.27. The van der Waals surface area contributed by atoms with Crippen LogP contribution in [0.2, 0.25) is 0 Å². The average Bonchev–Trinajstić information content (AvgIpc) is 3.08. The number of likely N-dealkylation sites (N-methyl/N-ethyl adjacent to an activating group) is 1. The number of carbonyl (C=O) groups excluding carboxylic acids is 3. The van der Waals surface area contributed by atoms with E-state index in [0.717, 1.165) is 0 Å². The molecule has 3 heterocycles. The maximum absolute atomic E-state index is 13.4. The molecule has 0 spiro atoms. The minimum Gasteiger partial charge on any atom is -0.462 e. The molecule has 0 aromatic carbocycles. The quantitative estimate of drug-likeness (QED) is 0.138. The summed E-state index contributed by atoms with van der Waals surface area (Å²) in [7, 11) is 3.40. The normalized spacial score (nSPS) is 44.8. The van der Waals surface area contributed by atoms with Crippen LogP contribution >= 0.6 is 0 Å². The van der Waals surface area contributed by atoms with Crippen LogP contribution in [0.5, 0.6) is 0 Å². The smallest absolute Gasteiger partial charge is 0.308 e. The molecule has 0 aliphatic carbocycles. The molecule has 0 radical (unpaired) electrons. The van der Waals surface area contributed by atoms with Crippen molar-refractivity contribution in [2.45, 2.75) is 147 Å². The van der Waals surface area contributed by atoms with Gasteiger partial charge < -0.3 is 64.0 Å². The summed E-state index contributed by atoms with van der Waals surface area (Å²) in [6.07, 6.45) is -8.40. The number of ether oxygens (including phenoxy) is 5. The molecule has 0 aromatic rings. The number of aliphatic hydroxyl groups is 6. The number of hydrogen-bond acceptors (Lipinski definition) is 15. The standard InChI is InChI=1S/C37H61NO14/c1-9-27-24(17-48-36-34(47)33(46)31(44)22(6)49-36)14-18(2)10-11-25(40)19(3)15-23(12-13-39)35(20(4)26(41)16-28(42)51-27)52-37-32(45)29(38(7)8)30(43)21(5)50-37/h10-11,13-14,19-24,26-27,29-37,41,43-47H,9,12,15-17H2,1-8H3/b11-10+,18-14+/t19-,20+,21-,22-,23+,24-,26-,27+,29+,30-,31-,32-,33-,34-,35-,36-,37+/m1/s1. The van der Waals surface area contributed by atoms with Crippen LogP contribution in [0.25, 0.3) is 0 Å². The van der Waals surface area contributed by atoms with Crippen LogP contribution in [0.15, 0.2) is 23.8 Å². The summed E-state index contributed by atoms with van der Waals surface area (Å²) in [5.74, 6) is -3.62. The second-order valence-corrected chi connectivity index (χ2v) is 14.9. The Labute approximate surface area is 306 Å². The lowest BCUT2D eigenvalue weighted by Crippen LogP contribution is -2.63. The van der Waals surface area contributed by atoms with Gasteiger partial charge >= 0.3 is 5.97 Å². The zero-order valence-corrected chi connectivity index (χ0v) is 31.6. The third-order valence-corrected chi connectivity index (χ3v) is 10.6. The Balaban J connectivity index is 1.95. The third kappa shape index (κ3) is 11.2. The Hall–Kier alpha value is -2.15. The van der Waals surface area contributed by atoms with Crippen LogP contribution in [-0.4, -0.2) is 154 Å². The first-order valence-electron chi connectivity index (χ1n) is 18.3. The van der Waals surface area contributed by atoms with Crippen molar-refractivity contribution in [1.82, 2.24) is 4.90 Å². The lowest BCUT2D eigenvalue weighted by molar-refractivity contribution is -0.304. The van der Waals surface area contributed by atoms with E-state index in [1.54, 1.807) is 65.8 Å². The zero-order valence-electron chi connectivity index (χ0n) is 31.6. The molecule has 3 aliphatic rings. The number of esters is 1. The van der Waals surface area contributed by atoms with Gasteiger partial charge in [-0.05, 0) is 59.7 Å². The Morgan fingerprint density at radius 3 is 2.13 bits per heavy atom. The highest BCUT2D eigenvalue weighted by Crippen LogP contribution is 2.34. The SMILES string of the molecule is CC[C@@H]1OC(=O)C[C@@H](O)[C@H](C)[C@@H](O[C@@H]2O[C@H](C)[C@@H](O)[C@H](N(C)C)[C@H]2O)[C@@H](CC=O)C[C@@H](C)C(=O)/C=C/C(C)=C/[C@@H]1CO[C@@H]1O[C@H](C)[C@@H](O)[C@@H](O)[C@H]1O. The van der Waals surface area contributed by atoms with E-state index in [4.69, 9.17) is 23.7 Å². The van der Waals surface area contributed by atoms with E-state index in [1.807, 2.05) is 0 Å². The molecule has 0 aromatic heterocycles. The molecule has 0 amide bonds. The summed E-state index contributed by atoms with van der Waals surface area (Å²) in [5, 5.41) is 64.3. The van der Waals surface area contributed by atoms with E-state index in [2.05, 4.69) is 0 Å². The highest BCUT2D eigenvalue weighted by Gasteiger charge is 2.47. The lowest BCUT2D eigenvalue weighted by Gasteiger charge is -2.46. The topological polar surface area (TPSA) is 222 Å². The molecule has 298 valence electrons. The van der Waals surface area contributed by atoms with Crippen molar-refractivity contribution >= 4 is 18.0 Å². The molecular weight excluding hydrogens is 682 g/mol. The number of carbonyl (C=O) groups is 3. The van der Waals surface area contributed by atoms with Gasteiger partial charge in [-0.15, -0.1) is 0 Å². The second kappa shape index (κ2) is 20.0. The molecule has 6 N–H and O–H groups in total. The lowest BCUT2D eigenvalue weighted by atomic mass is 9.79. The van der Waals surface area contributed by atoms with Crippen molar-refractivity contribution < 1.29 is 68.7 Å². The van der Waals surface area contributed by atoms with Crippen molar-refractivity contribution in [3.63, 3.8) is 0 Å². The average molecular weight is 744 g/mol. The summed E-state index contributed by atoms with van der Waals surface area (Å²) < 4.78 is 29.6. The predicted octanol–water partition coefficient (Wildman–Crippen LogP) is 0.254. The summed E-state index contributed by atoms with van der Waals surface area (Å²) in [4.78, 5) is 40.5. The largest absolute Gasteiger partial charge is 0.462 e. The number of aldehydes is 1. The van der Waals surface area contributed by atoms with Crippen molar-refractivity contribution in [2.24, 2.45) is 23.7 Å². The van der Waals surface area contributed by atoms with Gasteiger partial charge in [0.05, 0.1) is 49.6 Å². The van der Waals surface area contributed by atoms with Gasteiger partial charge in [0.2, 0.25) is 0 Å². The van der Waals surface area contributed by atoms with E-state index in [0.29, 0.717) is 18.3 Å². The monoisotopic (exact) mass is 743 g/mol. The van der Waals surface area contributed by atoms with Gasteiger partial charge in [-0.3, -0.25) is 9.59 Å². The Kier molecular flexibility index (Phi) is 17.0. The number of cyclic esters (lactones) is 1. The van der Waals surface area contributed by atoms with Gasteiger partial charge in [-0.1, -0.05) is 38.5 Å². The summed E-state index contributed by atoms with van der Waals surface area (Å²) >= 11 is 0. The Morgan fingerprint density at radius 1 is 0.885 bits per heavy atom. The molecule has 52 heavy (non-hydrogen) atoms. The molecule has 0 unspecified atom stereocenters. The molecule has 3 rings (SSSR count). The summed E-state index contributed by atoms with van der Waals surface area (Å²) in [6, 6.07) is -0.752. The highest BCUT2D eigenvalue weighted by atomic mass is 16.7. The first-order chi connectivity index (χ1) is 24.4. The Bertz CT molecular complexity index is 1230. The molecule has 2 fully saturated rings. The van der Waals surface area contributed by atoms with Gasteiger partial charge in [0.25, 0.3) is 0 Å². The van der Waals surface area contributed by atoms with Crippen molar-refractivity contribution in [3.8, 4) is 0 Å². The van der Waals surface area contributed by atoms with Gasteiger partial charge in [0, 0.05) is 24.2 Å². The molecule has 15 nitrogen and oxygen atoms in total. The van der Waals surface area contributed by atoms with E-state index >= 15 is 0 Å². The maximum atomic E-state index is 13.4. The number of aliphatic hydroxyl groups excluding tert-OH is 6. The minimum atomic E-state index is -1.54. The maximum Gasteiger partial charge on any atom is 0.308 e. The summed E-state index contributed by atoms with van der Waals surface area (Å²) in [5.41, 5.74) is 0.638. The predicted molar refractivity (Wildman–Crippen MR) is 186 cm³/mol. The molecular formula is C37H61NO14. The number of allylic oxidation sites excluding steroid dienone is 3. The molecule has 0 saturated carbocycles. The van der Waals surface area contributed by atoms with Crippen LogP contribution in [0.4, 0.5) is 0 Å². The number of ketones is 1.